The van der Waals surface area contributed by atoms with Crippen LogP contribution in [0.25, 0.3) is 0 Å². The molecule has 0 fully saturated rings. The molecule has 0 aliphatic heterocycles. The lowest BCUT2D eigenvalue weighted by Crippen LogP contribution is -2.12. The van der Waals surface area contributed by atoms with Gasteiger partial charge in [0.05, 0.1) is 6.54 Å². The van der Waals surface area contributed by atoms with Gasteiger partial charge < -0.3 is 9.67 Å². The van der Waals surface area contributed by atoms with Gasteiger partial charge in [0, 0.05) is 17.1 Å². The molecule has 2 rings (SSSR count). The number of aliphatic hydroxyl groups is 1. The van der Waals surface area contributed by atoms with Gasteiger partial charge in [-0.2, -0.15) is 0 Å². The molecule has 92 valence electrons. The van der Waals surface area contributed by atoms with Crippen molar-refractivity contribution < 1.29 is 9.50 Å². The number of thiazole rings is 1. The normalized spacial score (nSPS) is 9.89. The summed E-state index contributed by atoms with van der Waals surface area (Å²) in [5.41, 5.74) is 1.15. The first-order chi connectivity index (χ1) is 8.69. The monoisotopic (exact) mass is 263 g/mol. The minimum absolute atomic E-state index is 0.0812. The van der Waals surface area contributed by atoms with E-state index >= 15 is 0 Å². The van der Waals surface area contributed by atoms with Gasteiger partial charge in [0.25, 0.3) is 0 Å². The van der Waals surface area contributed by atoms with Crippen LogP contribution in [0.2, 0.25) is 0 Å². The Kier molecular flexibility index (Phi) is 3.92. The van der Waals surface area contributed by atoms with E-state index in [0.29, 0.717) is 17.7 Å². The van der Waals surface area contributed by atoms with Gasteiger partial charge in [-0.05, 0) is 23.8 Å². The summed E-state index contributed by atoms with van der Waals surface area (Å²) in [6.07, 6.45) is 1.66. The number of hydrogen-bond acceptors (Lipinski definition) is 3. The highest BCUT2D eigenvalue weighted by Crippen LogP contribution is 2.10. The second kappa shape index (κ2) is 5.63. The number of aliphatic hydroxyl groups excluding tert-OH is 1. The third-order valence-electron chi connectivity index (χ3n) is 2.27. The van der Waals surface area contributed by atoms with Gasteiger partial charge in [-0.15, -0.1) is 0 Å². The molecule has 0 bridgehead atoms. The second-order valence-corrected chi connectivity index (χ2v) is 4.46. The van der Waals surface area contributed by atoms with Crippen molar-refractivity contribution in [3.8, 4) is 11.8 Å². The first-order valence-corrected chi connectivity index (χ1v) is 6.10. The van der Waals surface area contributed by atoms with Crippen LogP contribution in [0.5, 0.6) is 0 Å². The summed E-state index contributed by atoms with van der Waals surface area (Å²) in [5, 5.41) is 10.3. The largest absolute Gasteiger partial charge is 0.384 e. The summed E-state index contributed by atoms with van der Waals surface area (Å²) < 4.78 is 14.9. The fraction of sp³-hybridized carbons (Fsp3) is 0.154. The van der Waals surface area contributed by atoms with Gasteiger partial charge in [0.15, 0.2) is 0 Å². The number of aromatic nitrogens is 1. The Balaban J connectivity index is 2.31. The van der Waals surface area contributed by atoms with Crippen molar-refractivity contribution in [3.63, 3.8) is 0 Å². The SMILES string of the molecule is O=c1sccn1Cc1cc(F)cc(C#CCO)c1. The van der Waals surface area contributed by atoms with Crippen molar-refractivity contribution in [2.45, 2.75) is 6.54 Å². The third-order valence-corrected chi connectivity index (χ3v) is 2.96. The summed E-state index contributed by atoms with van der Waals surface area (Å²) >= 11 is 1.10. The maximum atomic E-state index is 13.4. The molecule has 0 spiro atoms. The van der Waals surface area contributed by atoms with Crippen LogP contribution < -0.4 is 4.87 Å². The number of benzene rings is 1. The molecule has 0 saturated carbocycles. The average Bonchev–Trinajstić information content (AvgIpc) is 2.72. The Bertz CT molecular complexity index is 663. The number of halogens is 1. The van der Waals surface area contributed by atoms with E-state index in [1.165, 1.54) is 16.7 Å². The number of rotatable bonds is 2. The molecule has 0 aliphatic carbocycles. The van der Waals surface area contributed by atoms with Crippen molar-refractivity contribution in [1.82, 2.24) is 4.57 Å². The fourth-order valence-corrected chi connectivity index (χ4v) is 2.15. The summed E-state index contributed by atoms with van der Waals surface area (Å²) in [6.45, 7) is 0.0454. The minimum atomic E-state index is -0.405. The molecular weight excluding hydrogens is 253 g/mol. The van der Waals surface area contributed by atoms with Gasteiger partial charge in [-0.3, -0.25) is 4.79 Å². The van der Waals surface area contributed by atoms with Crippen molar-refractivity contribution in [2.75, 3.05) is 6.61 Å². The lowest BCUT2D eigenvalue weighted by molar-refractivity contribution is 0.350. The zero-order valence-corrected chi connectivity index (χ0v) is 10.2. The zero-order chi connectivity index (χ0) is 13.0. The van der Waals surface area contributed by atoms with Gasteiger partial charge >= 0.3 is 4.87 Å². The highest BCUT2D eigenvalue weighted by atomic mass is 32.1. The molecular formula is C13H10FNO2S. The predicted octanol–water partition coefficient (Wildman–Crippen LogP) is 1.44. The molecule has 2 aromatic rings. The Hall–Kier alpha value is -1.90. The molecule has 3 nitrogen and oxygen atoms in total. The standard InChI is InChI=1S/C13H10FNO2S/c14-12-7-10(2-1-4-16)6-11(8-12)9-15-3-5-18-13(15)17/h3,5-8,16H,4,9H2. The van der Waals surface area contributed by atoms with E-state index in [1.54, 1.807) is 17.6 Å². The Morgan fingerprint density at radius 2 is 2.22 bits per heavy atom. The molecule has 18 heavy (non-hydrogen) atoms. The van der Waals surface area contributed by atoms with Crippen LogP contribution in [-0.2, 0) is 6.54 Å². The fourth-order valence-electron chi connectivity index (χ4n) is 1.56. The molecule has 1 N–H and O–H groups in total. The van der Waals surface area contributed by atoms with Crippen molar-refractivity contribution in [3.05, 3.63) is 56.4 Å². The molecule has 0 aliphatic rings. The van der Waals surface area contributed by atoms with Crippen LogP contribution >= 0.6 is 11.3 Å². The molecule has 0 saturated heterocycles. The molecule has 0 unspecified atom stereocenters. The van der Waals surface area contributed by atoms with Gasteiger partial charge in [0.2, 0.25) is 0 Å². The summed E-state index contributed by atoms with van der Waals surface area (Å²) in [6, 6.07) is 4.37. The van der Waals surface area contributed by atoms with E-state index < -0.39 is 5.82 Å². The average molecular weight is 263 g/mol. The molecule has 5 heteroatoms. The minimum Gasteiger partial charge on any atom is -0.384 e. The summed E-state index contributed by atoms with van der Waals surface area (Å²) in [4.78, 5) is 11.3. The Morgan fingerprint density at radius 1 is 1.39 bits per heavy atom. The van der Waals surface area contributed by atoms with Gasteiger partial charge in [-0.1, -0.05) is 23.2 Å². The molecule has 0 atom stereocenters. The van der Waals surface area contributed by atoms with E-state index in [-0.39, 0.29) is 11.5 Å². The van der Waals surface area contributed by atoms with E-state index in [1.807, 2.05) is 0 Å². The lowest BCUT2D eigenvalue weighted by atomic mass is 10.1. The van der Waals surface area contributed by atoms with E-state index in [4.69, 9.17) is 5.11 Å². The van der Waals surface area contributed by atoms with Crippen molar-refractivity contribution in [1.29, 1.82) is 0 Å². The highest BCUT2D eigenvalue weighted by Gasteiger charge is 2.02. The zero-order valence-electron chi connectivity index (χ0n) is 9.39. The Labute approximate surface area is 107 Å². The summed E-state index contributed by atoms with van der Waals surface area (Å²) in [5.74, 6) is 4.70. The summed E-state index contributed by atoms with van der Waals surface area (Å²) in [7, 11) is 0. The second-order valence-electron chi connectivity index (χ2n) is 3.60. The van der Waals surface area contributed by atoms with Crippen molar-refractivity contribution in [2.24, 2.45) is 0 Å². The molecule has 1 aromatic heterocycles. The van der Waals surface area contributed by atoms with Gasteiger partial charge in [0.1, 0.15) is 12.4 Å². The maximum absolute atomic E-state index is 13.4. The Morgan fingerprint density at radius 3 is 2.89 bits per heavy atom. The van der Waals surface area contributed by atoms with E-state index in [9.17, 15) is 9.18 Å². The quantitative estimate of drug-likeness (QED) is 0.833. The first kappa shape index (κ1) is 12.6. The van der Waals surface area contributed by atoms with Crippen LogP contribution in [0.1, 0.15) is 11.1 Å². The first-order valence-electron chi connectivity index (χ1n) is 5.22. The topological polar surface area (TPSA) is 42.2 Å². The molecule has 0 amide bonds. The molecule has 0 radical (unpaired) electrons. The predicted molar refractivity (Wildman–Crippen MR) is 68.0 cm³/mol. The third kappa shape index (κ3) is 3.06. The number of nitrogens with zero attached hydrogens (tertiary/aromatic N) is 1. The maximum Gasteiger partial charge on any atom is 0.307 e. The van der Waals surface area contributed by atoms with Crippen LogP contribution in [0.3, 0.4) is 0 Å². The van der Waals surface area contributed by atoms with Crippen molar-refractivity contribution >= 4 is 11.3 Å². The van der Waals surface area contributed by atoms with E-state index in [0.717, 1.165) is 11.3 Å². The molecule has 1 aromatic carbocycles. The van der Waals surface area contributed by atoms with E-state index in [2.05, 4.69) is 11.8 Å². The van der Waals surface area contributed by atoms with Gasteiger partial charge in [-0.25, -0.2) is 4.39 Å². The lowest BCUT2D eigenvalue weighted by Gasteiger charge is -2.03. The van der Waals surface area contributed by atoms with Crippen LogP contribution in [0, 0.1) is 17.7 Å². The van der Waals surface area contributed by atoms with Crippen LogP contribution in [0.4, 0.5) is 4.39 Å². The number of hydrogen-bond donors (Lipinski definition) is 1. The molecule has 1 heterocycles. The van der Waals surface area contributed by atoms with Crippen LogP contribution in [-0.4, -0.2) is 16.3 Å². The highest BCUT2D eigenvalue weighted by molar-refractivity contribution is 7.07. The smallest absolute Gasteiger partial charge is 0.307 e. The van der Waals surface area contributed by atoms with Crippen LogP contribution in [0.15, 0.2) is 34.6 Å².